The Balaban J connectivity index is 1.71. The molecule has 3 aromatic carbocycles. The van der Waals surface area contributed by atoms with Gasteiger partial charge in [0.15, 0.2) is 12.4 Å². The quantitative estimate of drug-likeness (QED) is 0.217. The average molecular weight is 497 g/mol. The van der Waals surface area contributed by atoms with Crippen molar-refractivity contribution in [3.63, 3.8) is 0 Å². The van der Waals surface area contributed by atoms with Crippen molar-refractivity contribution in [2.24, 2.45) is 0 Å². The van der Waals surface area contributed by atoms with Gasteiger partial charge < -0.3 is 13.9 Å². The zero-order valence-electron chi connectivity index (χ0n) is 17.1. The molecule has 7 heteroatoms. The highest BCUT2D eigenvalue weighted by molar-refractivity contribution is 9.10. The van der Waals surface area contributed by atoms with E-state index in [0.717, 1.165) is 5.56 Å². The molecule has 0 atom stereocenters. The largest absolute Gasteiger partial charge is 0.484 e. The molecule has 0 N–H and O–H groups in total. The number of fused-ring (bicyclic) bond motifs is 1. The van der Waals surface area contributed by atoms with Gasteiger partial charge in [0.1, 0.15) is 28.5 Å². The van der Waals surface area contributed by atoms with Crippen LogP contribution in [0.4, 0.5) is 4.39 Å². The molecule has 5 nitrogen and oxygen atoms in total. The number of carbonyl (C=O) groups excluding carboxylic acids is 2. The van der Waals surface area contributed by atoms with E-state index in [1.165, 1.54) is 24.3 Å². The Bertz CT molecular complexity index is 1280. The van der Waals surface area contributed by atoms with Crippen molar-refractivity contribution in [3.8, 4) is 17.1 Å². The van der Waals surface area contributed by atoms with Crippen molar-refractivity contribution in [2.75, 3.05) is 13.2 Å². The van der Waals surface area contributed by atoms with Crippen molar-refractivity contribution in [3.05, 3.63) is 88.1 Å². The number of carbonyl (C=O) groups is 2. The number of halogens is 2. The highest BCUT2D eigenvalue weighted by atomic mass is 79.9. The van der Waals surface area contributed by atoms with Crippen molar-refractivity contribution in [2.45, 2.75) is 6.92 Å². The lowest BCUT2D eigenvalue weighted by Gasteiger charge is -2.08. The van der Waals surface area contributed by atoms with Crippen molar-refractivity contribution in [1.82, 2.24) is 0 Å². The van der Waals surface area contributed by atoms with Crippen LogP contribution in [-0.2, 0) is 4.74 Å². The van der Waals surface area contributed by atoms with Gasteiger partial charge >= 0.3 is 5.97 Å². The summed E-state index contributed by atoms with van der Waals surface area (Å²) >= 11 is 3.43. The third-order valence-electron chi connectivity index (χ3n) is 4.78. The number of rotatable bonds is 7. The van der Waals surface area contributed by atoms with E-state index in [-0.39, 0.29) is 24.6 Å². The number of ketones is 1. The summed E-state index contributed by atoms with van der Waals surface area (Å²) in [6.07, 6.45) is 0. The number of hydrogen-bond donors (Lipinski definition) is 0. The summed E-state index contributed by atoms with van der Waals surface area (Å²) in [6, 6.07) is 17.8. The molecule has 0 radical (unpaired) electrons. The summed E-state index contributed by atoms with van der Waals surface area (Å²) in [6.45, 7) is 1.69. The molecular weight excluding hydrogens is 479 g/mol. The molecule has 0 saturated heterocycles. The minimum Gasteiger partial charge on any atom is -0.484 e. The maximum atomic E-state index is 13.1. The normalized spacial score (nSPS) is 10.8. The van der Waals surface area contributed by atoms with E-state index in [1.807, 2.05) is 30.3 Å². The lowest BCUT2D eigenvalue weighted by atomic mass is 10.1. The Morgan fingerprint density at radius 3 is 2.44 bits per heavy atom. The monoisotopic (exact) mass is 496 g/mol. The zero-order chi connectivity index (χ0) is 22.7. The Kier molecular flexibility index (Phi) is 6.37. The summed E-state index contributed by atoms with van der Waals surface area (Å²) in [5, 5.41) is 0.509. The van der Waals surface area contributed by atoms with Gasteiger partial charge in [0.25, 0.3) is 0 Å². The maximum absolute atomic E-state index is 13.1. The summed E-state index contributed by atoms with van der Waals surface area (Å²) in [7, 11) is 0. The maximum Gasteiger partial charge on any atom is 0.342 e. The number of benzene rings is 3. The second-order valence-corrected chi connectivity index (χ2v) is 7.74. The van der Waals surface area contributed by atoms with Gasteiger partial charge in [0, 0.05) is 16.5 Å². The molecule has 0 bridgehead atoms. The number of Topliss-reactive ketones (excluding diaryl/α,β-unsaturated/α-hetero) is 1. The van der Waals surface area contributed by atoms with Gasteiger partial charge in [-0.3, -0.25) is 4.79 Å². The molecule has 0 aliphatic rings. The Morgan fingerprint density at radius 1 is 1.03 bits per heavy atom. The fraction of sp³-hybridized carbons (Fsp3) is 0.120. The highest BCUT2D eigenvalue weighted by Gasteiger charge is 2.25. The summed E-state index contributed by atoms with van der Waals surface area (Å²) in [4.78, 5) is 25.2. The molecule has 0 unspecified atom stereocenters. The van der Waals surface area contributed by atoms with Crippen LogP contribution in [0.25, 0.3) is 22.3 Å². The fourth-order valence-corrected chi connectivity index (χ4v) is 3.71. The first-order chi connectivity index (χ1) is 15.5. The first-order valence-electron chi connectivity index (χ1n) is 9.88. The van der Waals surface area contributed by atoms with Gasteiger partial charge in [0.2, 0.25) is 0 Å². The predicted octanol–water partition coefficient (Wildman–Crippen LogP) is 6.44. The minimum atomic E-state index is -0.513. The van der Waals surface area contributed by atoms with Crippen LogP contribution in [0.5, 0.6) is 5.75 Å². The molecule has 0 aliphatic carbocycles. The molecule has 0 fully saturated rings. The van der Waals surface area contributed by atoms with Crippen LogP contribution in [0, 0.1) is 5.82 Å². The molecule has 0 amide bonds. The standard InChI is InChI=1S/C25H18BrFO5/c1-2-30-25(29)23-18-12-22(31-14-20(28)15-8-10-17(27)11-9-15)19(26)13-21(18)32-24(23)16-6-4-3-5-7-16/h3-13H,2,14H2,1H3. The van der Waals surface area contributed by atoms with Crippen molar-refractivity contribution < 1.29 is 27.9 Å². The smallest absolute Gasteiger partial charge is 0.342 e. The topological polar surface area (TPSA) is 65.7 Å². The third-order valence-corrected chi connectivity index (χ3v) is 5.40. The van der Waals surface area contributed by atoms with E-state index in [0.29, 0.717) is 32.5 Å². The molecule has 0 saturated carbocycles. The summed E-state index contributed by atoms with van der Waals surface area (Å²) in [5.74, 6) is -0.485. The van der Waals surface area contributed by atoms with Crippen LogP contribution in [0.15, 0.2) is 75.6 Å². The Morgan fingerprint density at radius 2 is 1.75 bits per heavy atom. The van der Waals surface area contributed by atoms with Crippen LogP contribution >= 0.6 is 15.9 Å². The van der Waals surface area contributed by atoms with Gasteiger partial charge in [-0.05, 0) is 59.3 Å². The molecule has 32 heavy (non-hydrogen) atoms. The van der Waals surface area contributed by atoms with E-state index in [4.69, 9.17) is 13.9 Å². The summed E-state index contributed by atoms with van der Waals surface area (Å²) in [5.41, 5.74) is 1.83. The van der Waals surface area contributed by atoms with E-state index in [1.54, 1.807) is 19.1 Å². The first kappa shape index (κ1) is 21.8. The molecule has 0 spiro atoms. The summed E-state index contributed by atoms with van der Waals surface area (Å²) < 4.78 is 30.6. The second kappa shape index (κ2) is 9.36. The predicted molar refractivity (Wildman–Crippen MR) is 122 cm³/mol. The van der Waals surface area contributed by atoms with Crippen LogP contribution in [0.1, 0.15) is 27.6 Å². The molecule has 162 valence electrons. The van der Waals surface area contributed by atoms with E-state index in [9.17, 15) is 14.0 Å². The number of esters is 1. The molecular formula is C25H18BrFO5. The Labute approximate surface area is 191 Å². The number of hydrogen-bond acceptors (Lipinski definition) is 5. The third kappa shape index (κ3) is 4.43. The molecule has 0 aliphatic heterocycles. The van der Waals surface area contributed by atoms with E-state index in [2.05, 4.69) is 15.9 Å². The lowest BCUT2D eigenvalue weighted by Crippen LogP contribution is -2.12. The molecule has 4 rings (SSSR count). The van der Waals surface area contributed by atoms with Crippen molar-refractivity contribution in [1.29, 1.82) is 0 Å². The fourth-order valence-electron chi connectivity index (χ4n) is 3.27. The SMILES string of the molecule is CCOC(=O)c1c(-c2ccccc2)oc2cc(Br)c(OCC(=O)c3ccc(F)cc3)cc12. The van der Waals surface area contributed by atoms with Crippen molar-refractivity contribution >= 4 is 38.7 Å². The lowest BCUT2D eigenvalue weighted by molar-refractivity contribution is 0.0528. The average Bonchev–Trinajstić information content (AvgIpc) is 3.16. The number of furan rings is 1. The van der Waals surface area contributed by atoms with Crippen LogP contribution in [0.3, 0.4) is 0 Å². The van der Waals surface area contributed by atoms with Gasteiger partial charge in [-0.2, -0.15) is 0 Å². The van der Waals surface area contributed by atoms with Gasteiger partial charge in [0.05, 0.1) is 11.1 Å². The number of ether oxygens (including phenoxy) is 2. The van der Waals surface area contributed by atoms with Crippen LogP contribution < -0.4 is 4.74 Å². The zero-order valence-corrected chi connectivity index (χ0v) is 18.6. The van der Waals surface area contributed by atoms with Gasteiger partial charge in [-0.25, -0.2) is 9.18 Å². The molecule has 4 aromatic rings. The van der Waals surface area contributed by atoms with E-state index >= 15 is 0 Å². The molecule has 1 aromatic heterocycles. The van der Waals surface area contributed by atoms with Crippen LogP contribution in [0.2, 0.25) is 0 Å². The first-order valence-corrected chi connectivity index (χ1v) is 10.7. The van der Waals surface area contributed by atoms with Gasteiger partial charge in [-0.15, -0.1) is 0 Å². The van der Waals surface area contributed by atoms with E-state index < -0.39 is 11.8 Å². The van der Waals surface area contributed by atoms with Crippen LogP contribution in [-0.4, -0.2) is 25.0 Å². The Hall–Kier alpha value is -3.45. The second-order valence-electron chi connectivity index (χ2n) is 6.89. The highest BCUT2D eigenvalue weighted by Crippen LogP contribution is 2.39. The molecule has 1 heterocycles. The van der Waals surface area contributed by atoms with Gasteiger partial charge in [-0.1, -0.05) is 30.3 Å². The minimum absolute atomic E-state index is 0.214.